The molecule has 0 unspecified atom stereocenters. The van der Waals surface area contributed by atoms with Gasteiger partial charge in [-0.2, -0.15) is 4.39 Å². The molecule has 1 amide bonds. The Labute approximate surface area is 133 Å². The van der Waals surface area contributed by atoms with Gasteiger partial charge in [-0.1, -0.05) is 6.92 Å². The number of halogens is 2. The van der Waals surface area contributed by atoms with Crippen LogP contribution in [0.5, 0.6) is 5.75 Å². The quantitative estimate of drug-likeness (QED) is 0.406. The van der Waals surface area contributed by atoms with E-state index in [0.29, 0.717) is 13.1 Å². The number of nitrogens with one attached hydrogen (secondary N) is 2. The minimum absolute atomic E-state index is 0. The van der Waals surface area contributed by atoms with E-state index in [9.17, 15) is 19.3 Å². The Kier molecular flexibility index (Phi) is 9.80. The normalized spacial score (nSPS) is 9.73. The maximum atomic E-state index is 13.3. The Morgan fingerprint density at radius 3 is 2.68 bits per heavy atom. The van der Waals surface area contributed by atoms with Gasteiger partial charge in [-0.3, -0.25) is 14.9 Å². The smallest absolute Gasteiger partial charge is 0.305 e. The number of hydrogen-bond acceptors (Lipinski definition) is 5. The van der Waals surface area contributed by atoms with E-state index in [2.05, 4.69) is 10.6 Å². The fourth-order valence-electron chi connectivity index (χ4n) is 1.52. The molecule has 0 aliphatic rings. The maximum Gasteiger partial charge on any atom is 0.305 e. The van der Waals surface area contributed by atoms with Crippen molar-refractivity contribution in [1.29, 1.82) is 0 Å². The molecule has 0 aromatic heterocycles. The van der Waals surface area contributed by atoms with Gasteiger partial charge in [0.25, 0.3) is 5.91 Å². The second-order valence-corrected chi connectivity index (χ2v) is 4.26. The molecule has 0 saturated heterocycles. The van der Waals surface area contributed by atoms with Crippen LogP contribution in [0.15, 0.2) is 18.2 Å². The zero-order valence-electron chi connectivity index (χ0n) is 12.1. The fraction of sp³-hybridized carbons (Fsp3) is 0.462. The summed E-state index contributed by atoms with van der Waals surface area (Å²) in [7, 11) is 0. The van der Waals surface area contributed by atoms with Gasteiger partial charge in [0.05, 0.1) is 4.92 Å². The van der Waals surface area contributed by atoms with Gasteiger partial charge < -0.3 is 15.4 Å². The predicted octanol–water partition coefficient (Wildman–Crippen LogP) is 1.65. The summed E-state index contributed by atoms with van der Waals surface area (Å²) in [5.74, 6) is -1.27. The SMILES string of the molecule is CCCNCCNC(=O)COc1ccc([N+](=O)[O-])c(F)c1.Cl. The second-order valence-electron chi connectivity index (χ2n) is 4.26. The molecule has 0 bridgehead atoms. The Bertz CT molecular complexity index is 502. The summed E-state index contributed by atoms with van der Waals surface area (Å²) < 4.78 is 18.4. The van der Waals surface area contributed by atoms with Crippen molar-refractivity contribution in [3.05, 3.63) is 34.1 Å². The van der Waals surface area contributed by atoms with E-state index in [1.165, 1.54) is 6.07 Å². The van der Waals surface area contributed by atoms with Crippen LogP contribution in [0, 0.1) is 15.9 Å². The van der Waals surface area contributed by atoms with Crippen LogP contribution in [-0.4, -0.2) is 37.1 Å². The maximum absolute atomic E-state index is 13.3. The summed E-state index contributed by atoms with van der Waals surface area (Å²) in [5.41, 5.74) is -0.631. The summed E-state index contributed by atoms with van der Waals surface area (Å²) in [6.07, 6.45) is 1.02. The van der Waals surface area contributed by atoms with Gasteiger partial charge in [-0.15, -0.1) is 12.4 Å². The van der Waals surface area contributed by atoms with Crippen molar-refractivity contribution in [3.8, 4) is 5.75 Å². The lowest BCUT2D eigenvalue weighted by atomic mass is 10.3. The largest absolute Gasteiger partial charge is 0.484 e. The van der Waals surface area contributed by atoms with Gasteiger partial charge >= 0.3 is 5.69 Å². The molecular formula is C13H19ClFN3O4. The first-order valence-corrected chi connectivity index (χ1v) is 6.58. The number of nitro groups is 1. The Balaban J connectivity index is 0.00000441. The van der Waals surface area contributed by atoms with Gasteiger partial charge in [0.1, 0.15) is 5.75 Å². The van der Waals surface area contributed by atoms with E-state index in [1.807, 2.05) is 6.92 Å². The Morgan fingerprint density at radius 2 is 2.09 bits per heavy atom. The van der Waals surface area contributed by atoms with E-state index in [-0.39, 0.29) is 30.7 Å². The van der Waals surface area contributed by atoms with Crippen LogP contribution in [0.1, 0.15) is 13.3 Å². The first-order chi connectivity index (χ1) is 10.0. The molecule has 1 rings (SSSR count). The number of carbonyl (C=O) groups is 1. The van der Waals surface area contributed by atoms with Crippen LogP contribution in [-0.2, 0) is 4.79 Å². The molecule has 2 N–H and O–H groups in total. The van der Waals surface area contributed by atoms with Gasteiger partial charge in [0.15, 0.2) is 6.61 Å². The zero-order valence-corrected chi connectivity index (χ0v) is 13.0. The van der Waals surface area contributed by atoms with Crippen LogP contribution in [0.3, 0.4) is 0 Å². The second kappa shape index (κ2) is 10.7. The molecule has 0 aliphatic carbocycles. The van der Waals surface area contributed by atoms with Crippen LogP contribution in [0.2, 0.25) is 0 Å². The molecule has 0 spiro atoms. The van der Waals surface area contributed by atoms with Crippen LogP contribution < -0.4 is 15.4 Å². The number of rotatable bonds is 9. The lowest BCUT2D eigenvalue weighted by Crippen LogP contribution is -2.35. The van der Waals surface area contributed by atoms with Crippen molar-refractivity contribution < 1.29 is 18.8 Å². The zero-order chi connectivity index (χ0) is 15.7. The van der Waals surface area contributed by atoms with Crippen molar-refractivity contribution in [2.24, 2.45) is 0 Å². The lowest BCUT2D eigenvalue weighted by Gasteiger charge is -2.08. The summed E-state index contributed by atoms with van der Waals surface area (Å²) in [6.45, 7) is 3.78. The molecule has 0 atom stereocenters. The number of benzene rings is 1. The molecule has 0 aliphatic heterocycles. The van der Waals surface area contributed by atoms with Gasteiger partial charge in [0, 0.05) is 25.2 Å². The van der Waals surface area contributed by atoms with Crippen molar-refractivity contribution in [2.75, 3.05) is 26.2 Å². The van der Waals surface area contributed by atoms with E-state index < -0.39 is 16.4 Å². The van der Waals surface area contributed by atoms with Crippen molar-refractivity contribution >= 4 is 24.0 Å². The third-order valence-electron chi connectivity index (χ3n) is 2.54. The topological polar surface area (TPSA) is 93.5 Å². The predicted molar refractivity (Wildman–Crippen MR) is 82.0 cm³/mol. The highest BCUT2D eigenvalue weighted by molar-refractivity contribution is 5.85. The molecule has 0 fully saturated rings. The number of nitrogens with zero attached hydrogens (tertiary/aromatic N) is 1. The number of ether oxygens (including phenoxy) is 1. The molecule has 124 valence electrons. The van der Waals surface area contributed by atoms with E-state index in [4.69, 9.17) is 4.74 Å². The summed E-state index contributed by atoms with van der Waals surface area (Å²) in [6, 6.07) is 3.13. The molecule has 22 heavy (non-hydrogen) atoms. The van der Waals surface area contributed by atoms with Crippen molar-refractivity contribution in [3.63, 3.8) is 0 Å². The first kappa shape index (κ1) is 20.1. The van der Waals surface area contributed by atoms with Crippen molar-refractivity contribution in [2.45, 2.75) is 13.3 Å². The number of amides is 1. The number of nitro benzene ring substituents is 1. The molecule has 7 nitrogen and oxygen atoms in total. The Morgan fingerprint density at radius 1 is 1.36 bits per heavy atom. The molecule has 0 heterocycles. The summed E-state index contributed by atoms with van der Waals surface area (Å²) >= 11 is 0. The molecule has 1 aromatic carbocycles. The van der Waals surface area contributed by atoms with Gasteiger partial charge in [0.2, 0.25) is 5.82 Å². The molecule has 9 heteroatoms. The van der Waals surface area contributed by atoms with Crippen molar-refractivity contribution in [1.82, 2.24) is 10.6 Å². The number of carbonyl (C=O) groups excluding carboxylic acids is 1. The van der Waals surface area contributed by atoms with Crippen LogP contribution in [0.25, 0.3) is 0 Å². The van der Waals surface area contributed by atoms with Crippen LogP contribution >= 0.6 is 12.4 Å². The third kappa shape index (κ3) is 7.19. The highest BCUT2D eigenvalue weighted by atomic mass is 35.5. The molecular weight excluding hydrogens is 317 g/mol. The molecule has 1 aromatic rings. The van der Waals surface area contributed by atoms with E-state index >= 15 is 0 Å². The average molecular weight is 336 g/mol. The minimum Gasteiger partial charge on any atom is -0.484 e. The highest BCUT2D eigenvalue weighted by Gasteiger charge is 2.14. The van der Waals surface area contributed by atoms with E-state index in [1.54, 1.807) is 0 Å². The summed E-state index contributed by atoms with van der Waals surface area (Å²) in [4.78, 5) is 21.1. The van der Waals surface area contributed by atoms with Crippen LogP contribution in [0.4, 0.5) is 10.1 Å². The van der Waals surface area contributed by atoms with Gasteiger partial charge in [-0.05, 0) is 19.0 Å². The number of hydrogen-bond donors (Lipinski definition) is 2. The standard InChI is InChI=1S/C13H18FN3O4.ClH/c1-2-5-15-6-7-16-13(18)9-21-10-3-4-12(17(19)20)11(14)8-10;/h3-4,8,15H,2,5-7,9H2,1H3,(H,16,18);1H. The average Bonchev–Trinajstić information content (AvgIpc) is 2.44. The molecule has 0 saturated carbocycles. The minimum atomic E-state index is -0.998. The third-order valence-corrected chi connectivity index (χ3v) is 2.54. The molecule has 0 radical (unpaired) electrons. The van der Waals surface area contributed by atoms with E-state index in [0.717, 1.165) is 25.1 Å². The fourth-order valence-corrected chi connectivity index (χ4v) is 1.52. The summed E-state index contributed by atoms with van der Waals surface area (Å²) in [5, 5.41) is 16.2. The van der Waals surface area contributed by atoms with Gasteiger partial charge in [-0.25, -0.2) is 0 Å². The highest BCUT2D eigenvalue weighted by Crippen LogP contribution is 2.22. The lowest BCUT2D eigenvalue weighted by molar-refractivity contribution is -0.387. The Hall–Kier alpha value is -1.93. The first-order valence-electron chi connectivity index (χ1n) is 6.58. The monoisotopic (exact) mass is 335 g/mol.